The Kier molecular flexibility index (Phi) is 7.33. The number of aliphatic carboxylic acids is 1. The smallest absolute Gasteiger partial charge is 0.416 e. The predicted octanol–water partition coefficient (Wildman–Crippen LogP) is 5.36. The second-order valence-electron chi connectivity index (χ2n) is 6.83. The summed E-state index contributed by atoms with van der Waals surface area (Å²) < 4.78 is 50.0. The first-order valence-corrected chi connectivity index (χ1v) is 10.8. The van der Waals surface area contributed by atoms with E-state index in [9.17, 15) is 27.9 Å². The van der Waals surface area contributed by atoms with E-state index in [4.69, 9.17) is 21.7 Å². The zero-order chi connectivity index (χ0) is 24.3. The van der Waals surface area contributed by atoms with Gasteiger partial charge in [0.05, 0.1) is 23.3 Å². The molecule has 1 aliphatic heterocycles. The summed E-state index contributed by atoms with van der Waals surface area (Å²) in [6.45, 7) is 1.67. The van der Waals surface area contributed by atoms with Gasteiger partial charge in [0.2, 0.25) is 0 Å². The number of rotatable bonds is 7. The van der Waals surface area contributed by atoms with E-state index in [0.717, 1.165) is 28.8 Å². The molecule has 0 aromatic heterocycles. The molecule has 33 heavy (non-hydrogen) atoms. The van der Waals surface area contributed by atoms with Gasteiger partial charge in [0, 0.05) is 0 Å². The minimum atomic E-state index is -4.55. The van der Waals surface area contributed by atoms with Crippen LogP contribution in [0.1, 0.15) is 24.5 Å². The van der Waals surface area contributed by atoms with Crippen molar-refractivity contribution in [1.29, 1.82) is 0 Å². The van der Waals surface area contributed by atoms with Gasteiger partial charge in [0.25, 0.3) is 5.91 Å². The summed E-state index contributed by atoms with van der Waals surface area (Å²) in [5, 5.41) is 9.18. The van der Waals surface area contributed by atoms with Crippen molar-refractivity contribution in [2.75, 3.05) is 12.0 Å². The minimum Gasteiger partial charge on any atom is -0.493 e. The minimum absolute atomic E-state index is 0.0244. The molecule has 0 bridgehead atoms. The Labute approximate surface area is 197 Å². The normalized spacial score (nSPS) is 16.3. The third-order valence-electron chi connectivity index (χ3n) is 4.63. The number of carbonyl (C=O) groups excluding carboxylic acids is 1. The van der Waals surface area contributed by atoms with Gasteiger partial charge >= 0.3 is 12.1 Å². The summed E-state index contributed by atoms with van der Waals surface area (Å²) >= 11 is 6.19. The van der Waals surface area contributed by atoms with Crippen LogP contribution in [0.2, 0.25) is 0 Å². The lowest BCUT2D eigenvalue weighted by atomic mass is 10.1. The van der Waals surface area contributed by atoms with Crippen molar-refractivity contribution in [3.8, 4) is 11.5 Å². The first kappa shape index (κ1) is 24.6. The highest BCUT2D eigenvalue weighted by Gasteiger charge is 2.36. The van der Waals surface area contributed by atoms with E-state index >= 15 is 0 Å². The van der Waals surface area contributed by atoms with Gasteiger partial charge < -0.3 is 14.6 Å². The number of nitrogens with zero attached hydrogens (tertiary/aromatic N) is 1. The summed E-state index contributed by atoms with van der Waals surface area (Å²) in [4.78, 5) is 25.4. The molecular weight excluding hydrogens is 479 g/mol. The number of carboxylic acid groups (broad SMARTS) is 1. The number of thiocarbonyl (C=S) groups is 1. The number of anilines is 1. The molecule has 1 N–H and O–H groups in total. The average Bonchev–Trinajstić information content (AvgIpc) is 3.04. The number of benzene rings is 2. The van der Waals surface area contributed by atoms with Crippen molar-refractivity contribution >= 4 is 51.9 Å². The molecule has 3 rings (SSSR count). The van der Waals surface area contributed by atoms with Crippen LogP contribution in [-0.4, -0.2) is 34.5 Å². The number of halogens is 3. The van der Waals surface area contributed by atoms with Gasteiger partial charge in [0.1, 0.15) is 0 Å². The maximum absolute atomic E-state index is 13.1. The van der Waals surface area contributed by atoms with Gasteiger partial charge in [-0.1, -0.05) is 43.0 Å². The molecule has 1 heterocycles. The summed E-state index contributed by atoms with van der Waals surface area (Å²) in [6.07, 6.45) is -3.83. The first-order chi connectivity index (χ1) is 15.5. The van der Waals surface area contributed by atoms with Crippen LogP contribution in [0.4, 0.5) is 18.9 Å². The second kappa shape index (κ2) is 9.84. The quantitative estimate of drug-likeness (QED) is 0.408. The van der Waals surface area contributed by atoms with Crippen molar-refractivity contribution in [1.82, 2.24) is 0 Å². The van der Waals surface area contributed by atoms with Gasteiger partial charge in [-0.15, -0.1) is 0 Å². The number of hydrogen-bond acceptors (Lipinski definition) is 6. The topological polar surface area (TPSA) is 76.1 Å². The van der Waals surface area contributed by atoms with Crippen molar-refractivity contribution in [2.45, 2.75) is 25.6 Å². The maximum Gasteiger partial charge on any atom is 0.416 e. The Bertz CT molecular complexity index is 1130. The van der Waals surface area contributed by atoms with E-state index < -0.39 is 29.7 Å². The van der Waals surface area contributed by atoms with Crippen LogP contribution in [0.15, 0.2) is 47.4 Å². The fraction of sp³-hybridized carbons (Fsp3) is 0.227. The van der Waals surface area contributed by atoms with Crippen molar-refractivity contribution in [2.24, 2.45) is 0 Å². The van der Waals surface area contributed by atoms with Gasteiger partial charge in [-0.25, -0.2) is 4.79 Å². The molecular formula is C22H18F3NO5S2. The predicted molar refractivity (Wildman–Crippen MR) is 122 cm³/mol. The van der Waals surface area contributed by atoms with E-state index in [-0.39, 0.29) is 32.8 Å². The van der Waals surface area contributed by atoms with Crippen LogP contribution in [0.3, 0.4) is 0 Å². The van der Waals surface area contributed by atoms with E-state index in [2.05, 4.69) is 0 Å². The second-order valence-corrected chi connectivity index (χ2v) is 8.50. The maximum atomic E-state index is 13.1. The molecule has 0 radical (unpaired) electrons. The highest BCUT2D eigenvalue weighted by molar-refractivity contribution is 8.27. The van der Waals surface area contributed by atoms with E-state index in [0.29, 0.717) is 5.56 Å². The van der Waals surface area contributed by atoms with Crippen molar-refractivity contribution in [3.63, 3.8) is 0 Å². The van der Waals surface area contributed by atoms with Gasteiger partial charge in [-0.2, -0.15) is 13.2 Å². The van der Waals surface area contributed by atoms with Crippen LogP contribution < -0.4 is 14.4 Å². The fourth-order valence-corrected chi connectivity index (χ4v) is 4.29. The molecule has 1 fully saturated rings. The third kappa shape index (κ3) is 5.48. The number of methoxy groups -OCH3 is 1. The summed E-state index contributed by atoms with van der Waals surface area (Å²) in [6, 6.07) is 9.05. The van der Waals surface area contributed by atoms with Gasteiger partial charge in [-0.05, 0) is 48.4 Å². The molecule has 1 saturated heterocycles. The highest BCUT2D eigenvalue weighted by atomic mass is 32.2. The molecule has 1 atom stereocenters. The van der Waals surface area contributed by atoms with Crippen LogP contribution in [0.5, 0.6) is 11.5 Å². The Hall–Kier alpha value is -3.05. The largest absolute Gasteiger partial charge is 0.493 e. The number of alkyl halides is 3. The lowest BCUT2D eigenvalue weighted by molar-refractivity contribution is -0.145. The molecule has 2 aromatic rings. The Morgan fingerprint density at radius 3 is 2.58 bits per heavy atom. The standard InChI is InChI=1S/C22H18F3NO5S2/c1-3-15(20(28)29)31-16-8-7-12(9-17(16)30-2)10-18-19(27)26(21(32)33-18)14-6-4-5-13(11-14)22(23,24)25/h4-11,15H,3H2,1-2H3,(H,28,29)/b18-10+. The molecule has 0 spiro atoms. The van der Waals surface area contributed by atoms with E-state index in [1.165, 1.54) is 31.4 Å². The number of carboxylic acids is 1. The molecule has 11 heteroatoms. The summed E-state index contributed by atoms with van der Waals surface area (Å²) in [5.41, 5.74) is -0.325. The van der Waals surface area contributed by atoms with Crippen molar-refractivity contribution in [3.05, 3.63) is 58.5 Å². The summed E-state index contributed by atoms with van der Waals surface area (Å²) in [5.74, 6) is -1.18. The Morgan fingerprint density at radius 2 is 1.97 bits per heavy atom. The lowest BCUT2D eigenvalue weighted by Crippen LogP contribution is -2.27. The van der Waals surface area contributed by atoms with Gasteiger partial charge in [0.15, 0.2) is 21.9 Å². The zero-order valence-corrected chi connectivity index (χ0v) is 19.0. The Balaban J connectivity index is 1.88. The monoisotopic (exact) mass is 497 g/mol. The van der Waals surface area contributed by atoms with Gasteiger partial charge in [-0.3, -0.25) is 9.69 Å². The SMILES string of the molecule is CCC(Oc1ccc(/C=C2/SC(=S)N(c3cccc(C(F)(F)F)c3)C2=O)cc1OC)C(=O)O. The molecule has 174 valence electrons. The summed E-state index contributed by atoms with van der Waals surface area (Å²) in [7, 11) is 1.39. The molecule has 0 aliphatic carbocycles. The van der Waals surface area contributed by atoms with Crippen LogP contribution >= 0.6 is 24.0 Å². The van der Waals surface area contributed by atoms with Crippen LogP contribution in [-0.2, 0) is 15.8 Å². The Morgan fingerprint density at radius 1 is 1.24 bits per heavy atom. The number of hydrogen-bond donors (Lipinski definition) is 1. The van der Waals surface area contributed by atoms with E-state index in [1.54, 1.807) is 19.1 Å². The zero-order valence-electron chi connectivity index (χ0n) is 17.4. The first-order valence-electron chi connectivity index (χ1n) is 9.57. The molecule has 0 saturated carbocycles. The van der Waals surface area contributed by atoms with E-state index in [1.807, 2.05) is 0 Å². The molecule has 1 aliphatic rings. The fourth-order valence-electron chi connectivity index (χ4n) is 3.00. The average molecular weight is 498 g/mol. The lowest BCUT2D eigenvalue weighted by Gasteiger charge is -2.16. The van der Waals surface area contributed by atoms with Crippen LogP contribution in [0.25, 0.3) is 6.08 Å². The molecule has 1 unspecified atom stereocenters. The number of ether oxygens (including phenoxy) is 2. The highest BCUT2D eigenvalue weighted by Crippen LogP contribution is 2.39. The van der Waals surface area contributed by atoms with Crippen molar-refractivity contribution < 1.29 is 37.3 Å². The number of thioether (sulfide) groups is 1. The van der Waals surface area contributed by atoms with Crippen LogP contribution in [0, 0.1) is 0 Å². The molecule has 1 amide bonds. The molecule has 2 aromatic carbocycles. The third-order valence-corrected chi connectivity index (χ3v) is 5.93. The molecule has 6 nitrogen and oxygen atoms in total. The number of carbonyl (C=O) groups is 2. The number of amides is 1.